The minimum absolute atomic E-state index is 0.0145. The van der Waals surface area contributed by atoms with E-state index in [0.29, 0.717) is 34.7 Å². The summed E-state index contributed by atoms with van der Waals surface area (Å²) in [5.74, 6) is -0.0237. The lowest BCUT2D eigenvalue weighted by atomic mass is 10.1. The number of carbonyl (C=O) groups excluding carboxylic acids is 3. The normalized spacial score (nSPS) is 17.2. The zero-order chi connectivity index (χ0) is 27.4. The Labute approximate surface area is 230 Å². The molecule has 0 spiro atoms. The van der Waals surface area contributed by atoms with Gasteiger partial charge in [0.2, 0.25) is 0 Å². The van der Waals surface area contributed by atoms with E-state index in [9.17, 15) is 18.8 Å². The van der Waals surface area contributed by atoms with Gasteiger partial charge in [0.25, 0.3) is 17.1 Å². The SMILES string of the molecule is COc1ccc(CN2CCN(C(=O)c3ccc(/C=C4\SC(=O)N(Cc5cccc(F)c5)C4=O)cc3)CC2)cc1. The van der Waals surface area contributed by atoms with Crippen molar-refractivity contribution in [2.24, 2.45) is 0 Å². The summed E-state index contributed by atoms with van der Waals surface area (Å²) in [6.07, 6.45) is 1.64. The van der Waals surface area contributed by atoms with Gasteiger partial charge in [-0.3, -0.25) is 24.2 Å². The van der Waals surface area contributed by atoms with E-state index in [4.69, 9.17) is 4.74 Å². The summed E-state index contributed by atoms with van der Waals surface area (Å²) in [6.45, 7) is 3.72. The molecule has 2 fully saturated rings. The first kappa shape index (κ1) is 26.6. The number of nitrogens with zero attached hydrogens (tertiary/aromatic N) is 3. The highest BCUT2D eigenvalue weighted by Gasteiger charge is 2.35. The molecule has 0 atom stereocenters. The van der Waals surface area contributed by atoms with E-state index in [2.05, 4.69) is 17.0 Å². The van der Waals surface area contributed by atoms with Crippen molar-refractivity contribution in [2.45, 2.75) is 13.1 Å². The Morgan fingerprint density at radius 1 is 0.923 bits per heavy atom. The fourth-order valence-corrected chi connectivity index (χ4v) is 5.45. The van der Waals surface area contributed by atoms with Gasteiger partial charge in [0, 0.05) is 38.3 Å². The summed E-state index contributed by atoms with van der Waals surface area (Å²) >= 11 is 0.854. The second kappa shape index (κ2) is 11.8. The number of thioether (sulfide) groups is 1. The molecule has 3 amide bonds. The Kier molecular flexibility index (Phi) is 8.09. The molecule has 0 unspecified atom stereocenters. The van der Waals surface area contributed by atoms with Crippen LogP contribution in [0.1, 0.15) is 27.0 Å². The maximum Gasteiger partial charge on any atom is 0.293 e. The number of hydrogen-bond donors (Lipinski definition) is 0. The molecule has 3 aromatic carbocycles. The van der Waals surface area contributed by atoms with Crippen LogP contribution >= 0.6 is 11.8 Å². The van der Waals surface area contributed by atoms with E-state index >= 15 is 0 Å². The Balaban J connectivity index is 1.16. The molecular formula is C30H28FN3O4S. The molecule has 2 heterocycles. The second-order valence-corrected chi connectivity index (χ2v) is 10.4. The minimum Gasteiger partial charge on any atom is -0.497 e. The van der Waals surface area contributed by atoms with Crippen LogP contribution < -0.4 is 4.74 Å². The van der Waals surface area contributed by atoms with E-state index in [-0.39, 0.29) is 12.5 Å². The van der Waals surface area contributed by atoms with Gasteiger partial charge in [-0.25, -0.2) is 4.39 Å². The fourth-order valence-electron chi connectivity index (χ4n) is 4.61. The summed E-state index contributed by atoms with van der Waals surface area (Å²) in [7, 11) is 1.65. The van der Waals surface area contributed by atoms with Crippen LogP contribution in [0.2, 0.25) is 0 Å². The third-order valence-electron chi connectivity index (χ3n) is 6.78. The molecule has 0 N–H and O–H groups in total. The summed E-state index contributed by atoms with van der Waals surface area (Å²) < 4.78 is 18.7. The molecule has 5 rings (SSSR count). The van der Waals surface area contributed by atoms with Crippen LogP contribution in [0.3, 0.4) is 0 Å². The van der Waals surface area contributed by atoms with Crippen LogP contribution in [0.4, 0.5) is 9.18 Å². The van der Waals surface area contributed by atoms with Crippen molar-refractivity contribution >= 4 is 34.9 Å². The topological polar surface area (TPSA) is 70.2 Å². The van der Waals surface area contributed by atoms with E-state index in [1.54, 1.807) is 49.6 Å². The molecule has 2 aliphatic heterocycles. The predicted octanol–water partition coefficient (Wildman–Crippen LogP) is 5.03. The number of amides is 3. The lowest BCUT2D eigenvalue weighted by Crippen LogP contribution is -2.48. The highest BCUT2D eigenvalue weighted by Crippen LogP contribution is 2.33. The molecule has 0 radical (unpaired) electrons. The Hall–Kier alpha value is -3.95. The van der Waals surface area contributed by atoms with Crippen molar-refractivity contribution in [1.29, 1.82) is 0 Å². The first-order chi connectivity index (χ1) is 18.9. The van der Waals surface area contributed by atoms with Crippen LogP contribution in [-0.4, -0.2) is 65.0 Å². The molecule has 0 bridgehead atoms. The number of rotatable bonds is 7. The van der Waals surface area contributed by atoms with Crippen LogP contribution in [0.25, 0.3) is 6.08 Å². The van der Waals surface area contributed by atoms with Gasteiger partial charge in [0.05, 0.1) is 18.6 Å². The van der Waals surface area contributed by atoms with Gasteiger partial charge in [-0.2, -0.15) is 0 Å². The molecule has 0 saturated carbocycles. The third-order valence-corrected chi connectivity index (χ3v) is 7.69. The van der Waals surface area contributed by atoms with Crippen molar-refractivity contribution in [2.75, 3.05) is 33.3 Å². The number of halogens is 1. The van der Waals surface area contributed by atoms with Gasteiger partial charge in [0.1, 0.15) is 11.6 Å². The molecule has 0 aromatic heterocycles. The van der Waals surface area contributed by atoms with Gasteiger partial charge in [-0.05, 0) is 70.9 Å². The van der Waals surface area contributed by atoms with Crippen molar-refractivity contribution in [3.05, 3.63) is 106 Å². The molecule has 3 aromatic rings. The fraction of sp³-hybridized carbons (Fsp3) is 0.233. The Morgan fingerprint density at radius 3 is 2.31 bits per heavy atom. The molecule has 0 aliphatic carbocycles. The quantitative estimate of drug-likeness (QED) is 0.388. The monoisotopic (exact) mass is 545 g/mol. The van der Waals surface area contributed by atoms with Gasteiger partial charge >= 0.3 is 0 Å². The standard InChI is InChI=1S/C30H28FN3O4S/c1-38-26-11-7-22(8-12-26)19-32-13-15-33(16-14-32)28(35)24-9-5-21(6-10-24)18-27-29(36)34(30(37)39-27)20-23-3-2-4-25(31)17-23/h2-12,17-18H,13-16,19-20H2,1H3/b27-18-. The van der Waals surface area contributed by atoms with Gasteiger partial charge in [-0.1, -0.05) is 36.4 Å². The highest BCUT2D eigenvalue weighted by molar-refractivity contribution is 8.18. The van der Waals surface area contributed by atoms with Crippen LogP contribution in [0.5, 0.6) is 5.75 Å². The van der Waals surface area contributed by atoms with Crippen LogP contribution in [0.15, 0.2) is 77.7 Å². The van der Waals surface area contributed by atoms with E-state index in [1.165, 1.54) is 17.7 Å². The van der Waals surface area contributed by atoms with Crippen LogP contribution in [0, 0.1) is 5.82 Å². The highest BCUT2D eigenvalue weighted by atomic mass is 32.2. The Morgan fingerprint density at radius 2 is 1.64 bits per heavy atom. The van der Waals surface area contributed by atoms with E-state index in [1.807, 2.05) is 17.0 Å². The molecular weight excluding hydrogens is 517 g/mol. The lowest BCUT2D eigenvalue weighted by Gasteiger charge is -2.34. The zero-order valence-corrected chi connectivity index (χ0v) is 22.3. The third kappa shape index (κ3) is 6.38. The van der Waals surface area contributed by atoms with Gasteiger partial charge < -0.3 is 9.64 Å². The van der Waals surface area contributed by atoms with Crippen molar-refractivity contribution in [3.8, 4) is 5.75 Å². The maximum atomic E-state index is 13.5. The summed E-state index contributed by atoms with van der Waals surface area (Å²) in [4.78, 5) is 43.9. The summed E-state index contributed by atoms with van der Waals surface area (Å²) in [6, 6.07) is 20.9. The summed E-state index contributed by atoms with van der Waals surface area (Å²) in [5, 5.41) is -0.395. The molecule has 39 heavy (non-hydrogen) atoms. The maximum absolute atomic E-state index is 13.5. The average Bonchev–Trinajstić information content (AvgIpc) is 3.21. The zero-order valence-electron chi connectivity index (χ0n) is 21.5. The van der Waals surface area contributed by atoms with Crippen molar-refractivity contribution in [3.63, 3.8) is 0 Å². The average molecular weight is 546 g/mol. The van der Waals surface area contributed by atoms with Gasteiger partial charge in [0.15, 0.2) is 0 Å². The smallest absolute Gasteiger partial charge is 0.293 e. The molecule has 200 valence electrons. The minimum atomic E-state index is -0.417. The largest absolute Gasteiger partial charge is 0.497 e. The molecule has 9 heteroatoms. The number of hydrogen-bond acceptors (Lipinski definition) is 6. The number of methoxy groups -OCH3 is 1. The first-order valence-electron chi connectivity index (χ1n) is 12.6. The molecule has 7 nitrogen and oxygen atoms in total. The predicted molar refractivity (Wildman–Crippen MR) is 149 cm³/mol. The molecule has 2 aliphatic rings. The summed E-state index contributed by atoms with van der Waals surface area (Å²) in [5.41, 5.74) is 3.04. The number of benzene rings is 3. The number of carbonyl (C=O) groups is 3. The van der Waals surface area contributed by atoms with Crippen molar-refractivity contribution < 1.29 is 23.5 Å². The number of piperazine rings is 1. The number of ether oxygens (including phenoxy) is 1. The Bertz CT molecular complexity index is 1400. The van der Waals surface area contributed by atoms with E-state index in [0.717, 1.165) is 42.0 Å². The number of imide groups is 1. The molecule has 2 saturated heterocycles. The van der Waals surface area contributed by atoms with E-state index < -0.39 is 17.0 Å². The van der Waals surface area contributed by atoms with Crippen molar-refractivity contribution in [1.82, 2.24) is 14.7 Å². The van der Waals surface area contributed by atoms with Crippen LogP contribution in [-0.2, 0) is 17.9 Å². The second-order valence-electron chi connectivity index (χ2n) is 9.44. The lowest BCUT2D eigenvalue weighted by molar-refractivity contribution is -0.123. The van der Waals surface area contributed by atoms with Gasteiger partial charge in [-0.15, -0.1) is 0 Å². The first-order valence-corrected chi connectivity index (χ1v) is 13.5.